The summed E-state index contributed by atoms with van der Waals surface area (Å²) in [5.41, 5.74) is -2.73. The van der Waals surface area contributed by atoms with E-state index in [4.69, 9.17) is 33.2 Å². The van der Waals surface area contributed by atoms with Crippen molar-refractivity contribution in [2.45, 2.75) is 179 Å². The van der Waals surface area contributed by atoms with Gasteiger partial charge in [-0.15, -0.1) is 0 Å². The molecule has 49 heavy (non-hydrogen) atoms. The van der Waals surface area contributed by atoms with Gasteiger partial charge in [-0.2, -0.15) is 0 Å². The SMILES string of the molecule is CC[C@H]1OC(=O)[C@H](C)[C@@H](OC2CC(C)(OC)C(O)C(C)O2)[C@H](C)[C@@H](OC2CC(N(C)C)CC(C)O2)[C@@]2(C)CC(C)=C(O2)[C@H](C)[C@@H](O)[C@]1(C)O. The van der Waals surface area contributed by atoms with Crippen molar-refractivity contribution in [1.29, 1.82) is 0 Å². The maximum absolute atomic E-state index is 14.1. The third kappa shape index (κ3) is 8.18. The summed E-state index contributed by atoms with van der Waals surface area (Å²) >= 11 is 0. The fraction of sp³-hybridized carbons (Fsp3) is 0.919. The molecule has 0 amide bonds. The lowest BCUT2D eigenvalue weighted by molar-refractivity contribution is -0.307. The first-order valence-corrected chi connectivity index (χ1v) is 18.2. The van der Waals surface area contributed by atoms with Crippen LogP contribution in [-0.4, -0.2) is 126 Å². The lowest BCUT2D eigenvalue weighted by Crippen LogP contribution is -2.58. The van der Waals surface area contributed by atoms with E-state index in [2.05, 4.69) is 19.0 Å². The van der Waals surface area contributed by atoms with Crippen molar-refractivity contribution >= 4 is 5.97 Å². The number of nitrogens with zero attached hydrogens (tertiary/aromatic N) is 1. The van der Waals surface area contributed by atoms with Gasteiger partial charge in [-0.25, -0.2) is 0 Å². The molecule has 0 aromatic heterocycles. The van der Waals surface area contributed by atoms with Gasteiger partial charge in [0.25, 0.3) is 0 Å². The molecule has 12 heteroatoms. The molecule has 7 unspecified atom stereocenters. The fourth-order valence-corrected chi connectivity index (χ4v) is 8.67. The molecule has 284 valence electrons. The predicted octanol–water partition coefficient (Wildman–Crippen LogP) is 3.92. The first-order chi connectivity index (χ1) is 22.7. The minimum Gasteiger partial charge on any atom is -0.489 e. The summed E-state index contributed by atoms with van der Waals surface area (Å²) in [5, 5.41) is 34.3. The normalized spacial score (nSPS) is 48.8. The van der Waals surface area contributed by atoms with Crippen LogP contribution < -0.4 is 0 Å². The quantitative estimate of drug-likeness (QED) is 0.331. The number of carbonyl (C=O) groups excluding carboxylic acids is 1. The topological polar surface area (TPSA) is 146 Å². The van der Waals surface area contributed by atoms with Crippen molar-refractivity contribution in [3.63, 3.8) is 0 Å². The molecule has 16 atom stereocenters. The average Bonchev–Trinajstić information content (AvgIpc) is 3.35. The van der Waals surface area contributed by atoms with Crippen LogP contribution in [0.1, 0.15) is 101 Å². The Morgan fingerprint density at radius 1 is 0.939 bits per heavy atom. The van der Waals surface area contributed by atoms with E-state index >= 15 is 0 Å². The van der Waals surface area contributed by atoms with E-state index in [1.165, 1.54) is 6.92 Å². The van der Waals surface area contributed by atoms with Gasteiger partial charge in [-0.1, -0.05) is 20.8 Å². The summed E-state index contributed by atoms with van der Waals surface area (Å²) < 4.78 is 45.1. The second-order valence-electron chi connectivity index (χ2n) is 16.2. The van der Waals surface area contributed by atoms with Crippen LogP contribution in [0.25, 0.3) is 0 Å². The number of fused-ring (bicyclic) bond motifs is 2. The zero-order valence-electron chi connectivity index (χ0n) is 32.1. The second kappa shape index (κ2) is 15.3. The van der Waals surface area contributed by atoms with Crippen LogP contribution in [0.2, 0.25) is 0 Å². The highest BCUT2D eigenvalue weighted by Crippen LogP contribution is 2.47. The van der Waals surface area contributed by atoms with Gasteiger partial charge in [0.2, 0.25) is 0 Å². The minimum atomic E-state index is -1.78. The Labute approximate surface area is 293 Å². The van der Waals surface area contributed by atoms with Gasteiger partial charge in [0.05, 0.1) is 35.9 Å². The van der Waals surface area contributed by atoms with Crippen molar-refractivity contribution in [3.05, 3.63) is 11.3 Å². The van der Waals surface area contributed by atoms with Gasteiger partial charge in [-0.3, -0.25) is 4.79 Å². The van der Waals surface area contributed by atoms with Crippen LogP contribution in [0, 0.1) is 17.8 Å². The molecule has 4 aliphatic heterocycles. The average molecular weight is 700 g/mol. The molecule has 0 saturated carbocycles. The molecule has 2 bridgehead atoms. The van der Waals surface area contributed by atoms with Gasteiger partial charge in [-0.05, 0) is 81.0 Å². The number of carbonyl (C=O) groups is 1. The number of ether oxygens (including phenoxy) is 7. The third-order valence-electron chi connectivity index (χ3n) is 11.9. The van der Waals surface area contributed by atoms with E-state index < -0.39 is 89.7 Å². The molecule has 0 spiro atoms. The van der Waals surface area contributed by atoms with Gasteiger partial charge in [0, 0.05) is 44.2 Å². The van der Waals surface area contributed by atoms with E-state index in [1.54, 1.807) is 27.9 Å². The Balaban J connectivity index is 1.82. The summed E-state index contributed by atoms with van der Waals surface area (Å²) in [5.74, 6) is -1.95. The molecule has 0 radical (unpaired) electrons. The third-order valence-corrected chi connectivity index (χ3v) is 11.9. The largest absolute Gasteiger partial charge is 0.489 e. The van der Waals surface area contributed by atoms with E-state index in [-0.39, 0.29) is 25.0 Å². The maximum atomic E-state index is 14.1. The Bertz CT molecular complexity index is 1180. The Hall–Kier alpha value is -1.35. The number of hydrogen-bond acceptors (Lipinski definition) is 12. The summed E-state index contributed by atoms with van der Waals surface area (Å²) in [6.07, 6.45) is -4.21. The van der Waals surface area contributed by atoms with Gasteiger partial charge < -0.3 is 53.4 Å². The number of aliphatic hydroxyl groups excluding tert-OH is 2. The van der Waals surface area contributed by atoms with E-state index in [1.807, 2.05) is 41.5 Å². The number of hydrogen-bond donors (Lipinski definition) is 3. The molecular formula is C37H65NO11. The van der Waals surface area contributed by atoms with Crippen LogP contribution in [0.3, 0.4) is 0 Å². The lowest BCUT2D eigenvalue weighted by atomic mass is 9.78. The molecule has 4 rings (SSSR count). The Morgan fingerprint density at radius 2 is 1.59 bits per heavy atom. The molecule has 4 heterocycles. The summed E-state index contributed by atoms with van der Waals surface area (Å²) in [6.45, 7) is 18.5. The number of aliphatic hydroxyl groups is 3. The summed E-state index contributed by atoms with van der Waals surface area (Å²) in [7, 11) is 5.66. The molecule has 0 aromatic rings. The summed E-state index contributed by atoms with van der Waals surface area (Å²) in [4.78, 5) is 16.3. The zero-order chi connectivity index (χ0) is 36.8. The Morgan fingerprint density at radius 3 is 2.18 bits per heavy atom. The van der Waals surface area contributed by atoms with Crippen LogP contribution in [0.15, 0.2) is 11.3 Å². The zero-order valence-corrected chi connectivity index (χ0v) is 32.1. The summed E-state index contributed by atoms with van der Waals surface area (Å²) in [6, 6.07) is 0.242. The minimum absolute atomic E-state index is 0.0384. The number of methoxy groups -OCH3 is 1. The molecular weight excluding hydrogens is 634 g/mol. The first kappa shape index (κ1) is 40.4. The maximum Gasteiger partial charge on any atom is 0.311 e. The van der Waals surface area contributed by atoms with Crippen molar-refractivity contribution < 1.29 is 53.3 Å². The molecule has 4 aliphatic rings. The highest BCUT2D eigenvalue weighted by molar-refractivity contribution is 5.73. The number of rotatable bonds is 7. The highest BCUT2D eigenvalue weighted by Gasteiger charge is 2.55. The van der Waals surface area contributed by atoms with E-state index in [0.717, 1.165) is 12.0 Å². The highest BCUT2D eigenvalue weighted by atomic mass is 16.7. The van der Waals surface area contributed by atoms with E-state index in [0.29, 0.717) is 18.6 Å². The van der Waals surface area contributed by atoms with Gasteiger partial charge in [0.1, 0.15) is 35.3 Å². The van der Waals surface area contributed by atoms with E-state index in [9.17, 15) is 20.1 Å². The molecule has 0 aromatic carbocycles. The monoisotopic (exact) mass is 699 g/mol. The number of esters is 1. The fourth-order valence-electron chi connectivity index (χ4n) is 8.67. The van der Waals surface area contributed by atoms with Gasteiger partial charge in [0.15, 0.2) is 12.6 Å². The molecule has 3 N–H and O–H groups in total. The molecule has 3 saturated heterocycles. The number of cyclic esters (lactones) is 1. The molecule has 12 nitrogen and oxygen atoms in total. The Kier molecular flexibility index (Phi) is 12.6. The molecule has 0 aliphatic carbocycles. The van der Waals surface area contributed by atoms with Gasteiger partial charge >= 0.3 is 5.97 Å². The van der Waals surface area contributed by atoms with Crippen LogP contribution in [0.5, 0.6) is 0 Å². The van der Waals surface area contributed by atoms with Crippen molar-refractivity contribution in [2.24, 2.45) is 17.8 Å². The van der Waals surface area contributed by atoms with Crippen LogP contribution in [-0.2, 0) is 38.0 Å². The predicted molar refractivity (Wildman–Crippen MR) is 182 cm³/mol. The lowest BCUT2D eigenvalue weighted by Gasteiger charge is -2.48. The van der Waals surface area contributed by atoms with Crippen LogP contribution >= 0.6 is 0 Å². The standard InChI is InChI=1S/C37H65NO11/c1-14-26-37(10,42)31(39)21(4)29-19(2)17-36(9,49-29)33(48-27-16-25(38(11)12)15-20(3)44-27)22(5)30(23(6)34(41)46-26)47-28-18-35(8,43-13)32(40)24(7)45-28/h20-28,30-33,39-40,42H,14-18H2,1-13H3/t20?,21-,22-,23+,24?,25?,26+,27?,28?,30-,31+,32?,33+,35?,36+,37+/m0/s1. The first-order valence-electron chi connectivity index (χ1n) is 18.2. The van der Waals surface area contributed by atoms with Crippen molar-refractivity contribution in [1.82, 2.24) is 4.90 Å². The van der Waals surface area contributed by atoms with Crippen molar-refractivity contribution in [3.8, 4) is 0 Å². The van der Waals surface area contributed by atoms with Crippen molar-refractivity contribution in [2.75, 3.05) is 21.2 Å². The second-order valence-corrected chi connectivity index (χ2v) is 16.2. The van der Waals surface area contributed by atoms with Crippen LogP contribution in [0.4, 0.5) is 0 Å². The smallest absolute Gasteiger partial charge is 0.311 e. The molecule has 3 fully saturated rings.